The average Bonchev–Trinajstić information content (AvgIpc) is 2.46. The van der Waals surface area contributed by atoms with Gasteiger partial charge in [-0.25, -0.2) is 11.0 Å². The normalized spacial score (nSPS) is 15.9. The van der Waals surface area contributed by atoms with E-state index < -0.39 is 0 Å². The summed E-state index contributed by atoms with van der Waals surface area (Å²) in [5, 5.41) is 3.73. The molecule has 3 heteroatoms. The topological polar surface area (TPSA) is 32.5 Å². The molecule has 1 aromatic carbocycles. The summed E-state index contributed by atoms with van der Waals surface area (Å²) in [6.07, 6.45) is 1.85. The first kappa shape index (κ1) is 8.29. The van der Waals surface area contributed by atoms with E-state index in [9.17, 15) is 0 Å². The molecule has 0 radical (unpaired) electrons. The highest BCUT2D eigenvalue weighted by Crippen LogP contribution is 2.27. The van der Waals surface area contributed by atoms with Gasteiger partial charge in [0.1, 0.15) is 0 Å². The third kappa shape index (κ3) is 1.32. The largest absolute Gasteiger partial charge is 0.241 e. The maximum Gasteiger partial charge on any atom is 0.0748 e. The van der Waals surface area contributed by atoms with Crippen molar-refractivity contribution in [1.29, 1.82) is 0 Å². The van der Waals surface area contributed by atoms with Crippen molar-refractivity contribution in [1.82, 2.24) is 5.01 Å². The van der Waals surface area contributed by atoms with Gasteiger partial charge in [-0.1, -0.05) is 24.3 Å². The van der Waals surface area contributed by atoms with Gasteiger partial charge in [-0.05, 0) is 11.6 Å². The lowest BCUT2D eigenvalue weighted by Crippen LogP contribution is -2.43. The lowest BCUT2D eigenvalue weighted by molar-refractivity contribution is 0.294. The third-order valence-corrected chi connectivity index (χ3v) is 2.24. The Hall–Kier alpha value is -1.32. The Bertz CT molecular complexity index is 322. The Morgan fingerprint density at radius 1 is 1.46 bits per heavy atom. The fourth-order valence-electron chi connectivity index (χ4n) is 1.59. The molecule has 1 aliphatic rings. The molecule has 1 heterocycles. The average molecular weight is 175 g/mol. The summed E-state index contributed by atoms with van der Waals surface area (Å²) in [6, 6.07) is 8.15. The first-order valence-electron chi connectivity index (χ1n) is 4.31. The predicted octanol–water partition coefficient (Wildman–Crippen LogP) is 1.28. The zero-order valence-electron chi connectivity index (χ0n) is 7.48. The molecule has 0 aromatic heterocycles. The molecule has 2 rings (SSSR count). The van der Waals surface area contributed by atoms with E-state index >= 15 is 0 Å². The second-order valence-corrected chi connectivity index (χ2v) is 3.11. The van der Waals surface area contributed by atoms with Crippen LogP contribution in [-0.2, 0) is 6.54 Å². The maximum atomic E-state index is 5.89. The molecule has 3 nitrogen and oxygen atoms in total. The van der Waals surface area contributed by atoms with Crippen molar-refractivity contribution in [2.75, 3.05) is 11.7 Å². The van der Waals surface area contributed by atoms with Crippen molar-refractivity contribution in [3.05, 3.63) is 42.5 Å². The second kappa shape index (κ2) is 3.20. The van der Waals surface area contributed by atoms with E-state index in [-0.39, 0.29) is 0 Å². The van der Waals surface area contributed by atoms with Crippen molar-refractivity contribution in [3.63, 3.8) is 0 Å². The summed E-state index contributed by atoms with van der Waals surface area (Å²) in [5.74, 6) is 5.89. The molecule has 0 aliphatic carbocycles. The van der Waals surface area contributed by atoms with Crippen LogP contribution in [0.1, 0.15) is 5.56 Å². The lowest BCUT2D eigenvalue weighted by atomic mass is 10.2. The van der Waals surface area contributed by atoms with Crippen LogP contribution in [-0.4, -0.2) is 11.6 Å². The van der Waals surface area contributed by atoms with Crippen LogP contribution in [0.4, 0.5) is 5.69 Å². The molecular weight excluding hydrogens is 162 g/mol. The quantitative estimate of drug-likeness (QED) is 0.543. The maximum absolute atomic E-state index is 5.89. The number of nitrogens with zero attached hydrogens (tertiary/aromatic N) is 2. The molecule has 0 saturated carbocycles. The number of hydrogen-bond acceptors (Lipinski definition) is 3. The number of benzene rings is 1. The van der Waals surface area contributed by atoms with Gasteiger partial charge in [0.2, 0.25) is 0 Å². The molecular formula is C10H13N3. The molecule has 0 unspecified atom stereocenters. The molecule has 0 spiro atoms. The lowest BCUT2D eigenvalue weighted by Gasteiger charge is -2.23. The highest BCUT2D eigenvalue weighted by Gasteiger charge is 2.22. The van der Waals surface area contributed by atoms with Gasteiger partial charge in [0, 0.05) is 13.1 Å². The van der Waals surface area contributed by atoms with E-state index in [1.54, 1.807) is 5.12 Å². The minimum Gasteiger partial charge on any atom is -0.241 e. The number of anilines is 1. The van der Waals surface area contributed by atoms with Crippen molar-refractivity contribution in [2.24, 2.45) is 5.84 Å². The van der Waals surface area contributed by atoms with Crippen LogP contribution < -0.4 is 11.0 Å². The van der Waals surface area contributed by atoms with E-state index in [1.807, 2.05) is 29.3 Å². The molecule has 1 aliphatic heterocycles. The SMILES string of the molecule is C=CCN1Cc2ccccc2N1N. The van der Waals surface area contributed by atoms with E-state index in [4.69, 9.17) is 5.84 Å². The molecule has 0 fully saturated rings. The van der Waals surface area contributed by atoms with E-state index in [0.717, 1.165) is 18.8 Å². The first-order valence-corrected chi connectivity index (χ1v) is 4.31. The van der Waals surface area contributed by atoms with Crippen LogP contribution in [0.15, 0.2) is 36.9 Å². The van der Waals surface area contributed by atoms with Crippen molar-refractivity contribution in [3.8, 4) is 0 Å². The predicted molar refractivity (Wildman–Crippen MR) is 53.7 cm³/mol. The standard InChI is InChI=1S/C10H13N3/c1-2-7-12-8-9-5-3-4-6-10(9)13(12)11/h2-6H,1,7-8,11H2. The van der Waals surface area contributed by atoms with E-state index in [0.29, 0.717) is 0 Å². The number of para-hydroxylation sites is 1. The summed E-state index contributed by atoms with van der Waals surface area (Å²) in [6.45, 7) is 5.35. The number of rotatable bonds is 2. The summed E-state index contributed by atoms with van der Waals surface area (Å²) < 4.78 is 0. The highest BCUT2D eigenvalue weighted by molar-refractivity contribution is 5.54. The van der Waals surface area contributed by atoms with Gasteiger partial charge in [0.25, 0.3) is 0 Å². The van der Waals surface area contributed by atoms with Crippen molar-refractivity contribution >= 4 is 5.69 Å². The summed E-state index contributed by atoms with van der Waals surface area (Å²) in [4.78, 5) is 0. The molecule has 0 saturated heterocycles. The van der Waals surface area contributed by atoms with Crippen LogP contribution in [0, 0.1) is 0 Å². The van der Waals surface area contributed by atoms with Gasteiger partial charge in [0.15, 0.2) is 0 Å². The van der Waals surface area contributed by atoms with Crippen LogP contribution in [0.3, 0.4) is 0 Å². The molecule has 0 amide bonds. The van der Waals surface area contributed by atoms with Gasteiger partial charge < -0.3 is 0 Å². The minimum absolute atomic E-state index is 0.783. The van der Waals surface area contributed by atoms with E-state index in [1.165, 1.54) is 5.56 Å². The monoisotopic (exact) mass is 175 g/mol. The molecule has 13 heavy (non-hydrogen) atoms. The van der Waals surface area contributed by atoms with Crippen LogP contribution in [0.5, 0.6) is 0 Å². The van der Waals surface area contributed by atoms with Crippen LogP contribution >= 0.6 is 0 Å². The Kier molecular flexibility index (Phi) is 2.04. The van der Waals surface area contributed by atoms with Crippen LogP contribution in [0.25, 0.3) is 0 Å². The van der Waals surface area contributed by atoms with E-state index in [2.05, 4.69) is 12.6 Å². The zero-order chi connectivity index (χ0) is 9.26. The van der Waals surface area contributed by atoms with Crippen molar-refractivity contribution in [2.45, 2.75) is 6.54 Å². The van der Waals surface area contributed by atoms with Gasteiger partial charge in [0.05, 0.1) is 5.69 Å². The smallest absolute Gasteiger partial charge is 0.0748 e. The molecule has 2 N–H and O–H groups in total. The van der Waals surface area contributed by atoms with Gasteiger partial charge in [-0.3, -0.25) is 0 Å². The summed E-state index contributed by atoms with van der Waals surface area (Å²) in [5.41, 5.74) is 2.36. The minimum atomic E-state index is 0.783. The third-order valence-electron chi connectivity index (χ3n) is 2.24. The number of hydrazine groups is 2. The molecule has 0 atom stereocenters. The highest BCUT2D eigenvalue weighted by atomic mass is 15.8. The van der Waals surface area contributed by atoms with Gasteiger partial charge >= 0.3 is 0 Å². The van der Waals surface area contributed by atoms with Crippen molar-refractivity contribution < 1.29 is 0 Å². The molecule has 68 valence electrons. The fourth-order valence-corrected chi connectivity index (χ4v) is 1.59. The van der Waals surface area contributed by atoms with Gasteiger partial charge in [-0.15, -0.1) is 6.58 Å². The number of nitrogens with two attached hydrogens (primary N) is 1. The number of hydrogen-bond donors (Lipinski definition) is 1. The second-order valence-electron chi connectivity index (χ2n) is 3.11. The summed E-state index contributed by atoms with van der Waals surface area (Å²) >= 11 is 0. The Balaban J connectivity index is 2.27. The van der Waals surface area contributed by atoms with Gasteiger partial charge in [-0.2, -0.15) is 5.01 Å². The number of fused-ring (bicyclic) bond motifs is 1. The fraction of sp³-hybridized carbons (Fsp3) is 0.200. The Morgan fingerprint density at radius 2 is 2.23 bits per heavy atom. The Labute approximate surface area is 78.0 Å². The molecule has 0 bridgehead atoms. The Morgan fingerprint density at radius 3 is 2.92 bits per heavy atom. The zero-order valence-corrected chi connectivity index (χ0v) is 7.48. The first-order chi connectivity index (χ1) is 6.33. The molecule has 1 aromatic rings. The summed E-state index contributed by atoms with van der Waals surface area (Å²) in [7, 11) is 0. The van der Waals surface area contributed by atoms with Crippen LogP contribution in [0.2, 0.25) is 0 Å².